The molecule has 3 rings (SSSR count). The number of anilines is 1. The molecule has 3 atom stereocenters. The summed E-state index contributed by atoms with van der Waals surface area (Å²) >= 11 is 0. The molecule has 1 aliphatic rings. The van der Waals surface area contributed by atoms with Crippen LogP contribution >= 0.6 is 0 Å². The average Bonchev–Trinajstić information content (AvgIpc) is 3.00. The third kappa shape index (κ3) is 3.43. The van der Waals surface area contributed by atoms with Crippen molar-refractivity contribution in [1.82, 2.24) is 15.8 Å². The predicted molar refractivity (Wildman–Crippen MR) is 98.0 cm³/mol. The van der Waals surface area contributed by atoms with E-state index in [1.807, 2.05) is 11.9 Å². The Hall–Kier alpha value is -2.80. The zero-order valence-electron chi connectivity index (χ0n) is 14.4. The van der Waals surface area contributed by atoms with Gasteiger partial charge in [-0.15, -0.1) is 0 Å². The Morgan fingerprint density at radius 3 is 2.96 bits per heavy atom. The number of non-ortho nitro benzene ring substituents is 1. The van der Waals surface area contributed by atoms with Crippen LogP contribution in [0.1, 0.15) is 12.8 Å². The van der Waals surface area contributed by atoms with E-state index in [0.717, 1.165) is 25.1 Å². The van der Waals surface area contributed by atoms with E-state index in [9.17, 15) is 15.4 Å². The molecule has 1 saturated heterocycles. The van der Waals surface area contributed by atoms with Gasteiger partial charge in [0.1, 0.15) is 5.52 Å². The van der Waals surface area contributed by atoms with E-state index in [4.69, 9.17) is 5.73 Å². The van der Waals surface area contributed by atoms with E-state index in [2.05, 4.69) is 21.9 Å². The Morgan fingerprint density at radius 2 is 2.23 bits per heavy atom. The van der Waals surface area contributed by atoms with Crippen molar-refractivity contribution in [3.63, 3.8) is 0 Å². The van der Waals surface area contributed by atoms with Gasteiger partial charge in [0, 0.05) is 31.9 Å². The van der Waals surface area contributed by atoms with Crippen LogP contribution in [0.5, 0.6) is 0 Å². The Kier molecular flexibility index (Phi) is 5.27. The van der Waals surface area contributed by atoms with E-state index in [0.29, 0.717) is 10.9 Å². The molecule has 4 N–H and O–H groups in total. The standard InChI is InChI=1S/C17H21N7O2/c1-23(9-3-5-13-12(10-18)17(19)22-21-13)15-7-6-14(24(25)26)11-4-2-8-20-16(11)15/h2,4,6-8,12-13,17,21-22H,3,5,9,19H2,1H3. The van der Waals surface area contributed by atoms with Crippen molar-refractivity contribution >= 4 is 22.3 Å². The molecule has 0 radical (unpaired) electrons. The molecule has 1 aromatic carbocycles. The van der Waals surface area contributed by atoms with Crippen LogP contribution in [-0.4, -0.2) is 35.7 Å². The van der Waals surface area contributed by atoms with Gasteiger partial charge < -0.3 is 10.6 Å². The fourth-order valence-electron chi connectivity index (χ4n) is 3.33. The number of rotatable bonds is 6. The number of nitrogens with one attached hydrogen (secondary N) is 2. The van der Waals surface area contributed by atoms with Crippen molar-refractivity contribution in [3.8, 4) is 6.07 Å². The molecule has 136 valence electrons. The van der Waals surface area contributed by atoms with Crippen LogP contribution in [0, 0.1) is 27.4 Å². The SMILES string of the molecule is CN(CCCC1NNC(N)C1C#N)c1ccc([N+](=O)[O-])c2cccnc12. The lowest BCUT2D eigenvalue weighted by atomic mass is 9.97. The minimum Gasteiger partial charge on any atom is -0.373 e. The second-order valence-electron chi connectivity index (χ2n) is 6.40. The summed E-state index contributed by atoms with van der Waals surface area (Å²) in [4.78, 5) is 17.2. The molecule has 0 saturated carbocycles. The molecule has 0 spiro atoms. The third-order valence-electron chi connectivity index (χ3n) is 4.75. The fourth-order valence-corrected chi connectivity index (χ4v) is 3.33. The van der Waals surface area contributed by atoms with Crippen LogP contribution < -0.4 is 21.5 Å². The van der Waals surface area contributed by atoms with E-state index in [1.165, 1.54) is 6.07 Å². The van der Waals surface area contributed by atoms with Crippen molar-refractivity contribution in [2.24, 2.45) is 11.7 Å². The van der Waals surface area contributed by atoms with Gasteiger partial charge >= 0.3 is 0 Å². The smallest absolute Gasteiger partial charge is 0.278 e. The maximum Gasteiger partial charge on any atom is 0.278 e. The van der Waals surface area contributed by atoms with Gasteiger partial charge in [-0.2, -0.15) is 5.26 Å². The maximum absolute atomic E-state index is 11.2. The highest BCUT2D eigenvalue weighted by Gasteiger charge is 2.33. The van der Waals surface area contributed by atoms with Gasteiger partial charge in [-0.1, -0.05) is 0 Å². The molecule has 9 heteroatoms. The fraction of sp³-hybridized carbons (Fsp3) is 0.412. The monoisotopic (exact) mass is 355 g/mol. The molecule has 2 heterocycles. The van der Waals surface area contributed by atoms with E-state index in [-0.39, 0.29) is 23.8 Å². The normalized spacial score (nSPS) is 22.3. The van der Waals surface area contributed by atoms with Gasteiger partial charge in [0.25, 0.3) is 5.69 Å². The number of nitrogens with two attached hydrogens (primary N) is 1. The molecule has 3 unspecified atom stereocenters. The first-order chi connectivity index (χ1) is 12.5. The number of hydrogen-bond acceptors (Lipinski definition) is 8. The van der Waals surface area contributed by atoms with Crippen LogP contribution in [0.2, 0.25) is 0 Å². The molecule has 0 aliphatic carbocycles. The van der Waals surface area contributed by atoms with Gasteiger partial charge in [-0.3, -0.25) is 20.5 Å². The second kappa shape index (κ2) is 7.61. The summed E-state index contributed by atoms with van der Waals surface area (Å²) in [5.41, 5.74) is 13.3. The zero-order valence-corrected chi connectivity index (χ0v) is 14.4. The van der Waals surface area contributed by atoms with Crippen LogP contribution in [0.3, 0.4) is 0 Å². The predicted octanol–water partition coefficient (Wildman–Crippen LogP) is 1.26. The Morgan fingerprint density at radius 1 is 1.42 bits per heavy atom. The molecule has 1 aromatic heterocycles. The van der Waals surface area contributed by atoms with E-state index >= 15 is 0 Å². The molecule has 9 nitrogen and oxygen atoms in total. The van der Waals surface area contributed by atoms with Gasteiger partial charge in [0.15, 0.2) is 0 Å². The molecule has 2 aromatic rings. The van der Waals surface area contributed by atoms with Crippen LogP contribution in [0.25, 0.3) is 10.9 Å². The van der Waals surface area contributed by atoms with Crippen LogP contribution in [0.4, 0.5) is 11.4 Å². The van der Waals surface area contributed by atoms with Crippen molar-refractivity contribution in [3.05, 3.63) is 40.6 Å². The summed E-state index contributed by atoms with van der Waals surface area (Å²) in [6.07, 6.45) is 2.91. The van der Waals surface area contributed by atoms with Crippen molar-refractivity contribution < 1.29 is 4.92 Å². The number of hydrazine groups is 1. The molecule has 0 amide bonds. The molecule has 1 fully saturated rings. The first-order valence-corrected chi connectivity index (χ1v) is 8.42. The summed E-state index contributed by atoms with van der Waals surface area (Å²) < 4.78 is 0. The molecular weight excluding hydrogens is 334 g/mol. The maximum atomic E-state index is 11.2. The first kappa shape index (κ1) is 18.0. The largest absolute Gasteiger partial charge is 0.373 e. The zero-order chi connectivity index (χ0) is 18.7. The van der Waals surface area contributed by atoms with E-state index < -0.39 is 4.92 Å². The highest BCUT2D eigenvalue weighted by atomic mass is 16.6. The molecule has 26 heavy (non-hydrogen) atoms. The topological polar surface area (TPSA) is 133 Å². The summed E-state index contributed by atoms with van der Waals surface area (Å²) in [7, 11) is 1.93. The minimum atomic E-state index is -0.391. The lowest BCUT2D eigenvalue weighted by Gasteiger charge is -2.22. The van der Waals surface area contributed by atoms with Crippen molar-refractivity contribution in [1.29, 1.82) is 5.26 Å². The Bertz CT molecular complexity index is 851. The van der Waals surface area contributed by atoms with Crippen molar-refractivity contribution in [2.75, 3.05) is 18.5 Å². The molecule has 1 aliphatic heterocycles. The van der Waals surface area contributed by atoms with Gasteiger partial charge in [-0.25, -0.2) is 5.43 Å². The van der Waals surface area contributed by atoms with Crippen molar-refractivity contribution in [2.45, 2.75) is 25.0 Å². The number of nitriles is 1. The highest BCUT2D eigenvalue weighted by Crippen LogP contribution is 2.31. The first-order valence-electron chi connectivity index (χ1n) is 8.42. The number of nitro groups is 1. The third-order valence-corrected chi connectivity index (χ3v) is 4.75. The second-order valence-corrected chi connectivity index (χ2v) is 6.40. The summed E-state index contributed by atoms with van der Waals surface area (Å²) in [5, 5.41) is 20.9. The molecule has 0 bridgehead atoms. The van der Waals surface area contributed by atoms with E-state index in [1.54, 1.807) is 24.4 Å². The number of nitro benzene ring substituents is 1. The molecular formula is C17H21N7O2. The van der Waals surface area contributed by atoms with Crippen LogP contribution in [-0.2, 0) is 0 Å². The van der Waals surface area contributed by atoms with Crippen LogP contribution in [0.15, 0.2) is 30.5 Å². The van der Waals surface area contributed by atoms with Gasteiger partial charge in [-0.05, 0) is 31.0 Å². The lowest BCUT2D eigenvalue weighted by Crippen LogP contribution is -2.38. The minimum absolute atomic E-state index is 0.00938. The van der Waals surface area contributed by atoms with Gasteiger partial charge in [0.2, 0.25) is 0 Å². The van der Waals surface area contributed by atoms with Gasteiger partial charge in [0.05, 0.1) is 34.1 Å². The number of benzene rings is 1. The number of pyridine rings is 1. The number of hydrogen-bond donors (Lipinski definition) is 3. The Balaban J connectivity index is 1.71. The summed E-state index contributed by atoms with van der Waals surface area (Å²) in [6, 6.07) is 8.91. The Labute approximate surface area is 150 Å². The highest BCUT2D eigenvalue weighted by molar-refractivity contribution is 5.96. The lowest BCUT2D eigenvalue weighted by molar-refractivity contribution is -0.383. The quantitative estimate of drug-likeness (QED) is 0.521. The number of fused-ring (bicyclic) bond motifs is 1. The average molecular weight is 355 g/mol. The summed E-state index contributed by atoms with van der Waals surface area (Å²) in [5.74, 6) is -0.262. The number of aromatic nitrogens is 1. The summed E-state index contributed by atoms with van der Waals surface area (Å²) in [6.45, 7) is 0.731. The number of nitrogens with zero attached hydrogens (tertiary/aromatic N) is 4.